The molecular weight excluding hydrogens is 122 g/mol. The third-order valence-electron chi connectivity index (χ3n) is 0.523. The van der Waals surface area contributed by atoms with Gasteiger partial charge in [0.15, 0.2) is 5.12 Å². The number of nitriles is 1. The van der Waals surface area contributed by atoms with Crippen molar-refractivity contribution in [1.29, 1.82) is 5.26 Å². The Morgan fingerprint density at radius 3 is 2.50 bits per heavy atom. The highest BCUT2D eigenvalue weighted by molar-refractivity contribution is 7.96. The first kappa shape index (κ1) is 7.25. The van der Waals surface area contributed by atoms with Crippen LogP contribution in [0.1, 0.15) is 6.42 Å². The van der Waals surface area contributed by atoms with Gasteiger partial charge in [-0.3, -0.25) is 4.79 Å². The van der Waals surface area contributed by atoms with Gasteiger partial charge in [0.2, 0.25) is 0 Å². The largest absolute Gasteiger partial charge is 0.287 e. The van der Waals surface area contributed by atoms with Crippen molar-refractivity contribution >= 4 is 17.7 Å². The number of hydrogen-bond acceptors (Lipinski definition) is 2. The zero-order valence-electron chi connectivity index (χ0n) is 4.22. The van der Waals surface area contributed by atoms with Crippen molar-refractivity contribution in [2.75, 3.05) is 0 Å². The van der Waals surface area contributed by atoms with Gasteiger partial charge in [-0.25, -0.2) is 0 Å². The molecule has 2 nitrogen and oxygen atoms in total. The second kappa shape index (κ2) is 3.28. The van der Waals surface area contributed by atoms with Crippen LogP contribution in [0.2, 0.25) is 0 Å². The summed E-state index contributed by atoms with van der Waals surface area (Å²) < 4.78 is 0. The molecular formula is C5H5NOS. The maximum absolute atomic E-state index is 10.1. The van der Waals surface area contributed by atoms with Gasteiger partial charge in [0, 0.05) is 5.57 Å². The molecule has 0 aromatic rings. The smallest absolute Gasteiger partial charge is 0.191 e. The molecule has 0 aromatic carbocycles. The lowest BCUT2D eigenvalue weighted by Gasteiger charge is -1.83. The number of hydrogen-bond donors (Lipinski definition) is 1. The zero-order valence-corrected chi connectivity index (χ0v) is 5.11. The second-order valence-electron chi connectivity index (χ2n) is 1.29. The fourth-order valence-electron chi connectivity index (χ4n) is 0.222. The third-order valence-corrected chi connectivity index (χ3v) is 0.681. The highest BCUT2D eigenvalue weighted by Gasteiger charge is 1.95. The van der Waals surface area contributed by atoms with Crippen molar-refractivity contribution in [2.45, 2.75) is 6.42 Å². The monoisotopic (exact) mass is 127 g/mol. The molecule has 0 saturated heterocycles. The number of carbonyl (C=O) groups excluding carboxylic acids is 1. The predicted octanol–water partition coefficient (Wildman–Crippen LogP) is 0.913. The second-order valence-corrected chi connectivity index (χ2v) is 1.78. The van der Waals surface area contributed by atoms with Gasteiger partial charge in [0.25, 0.3) is 0 Å². The van der Waals surface area contributed by atoms with E-state index in [9.17, 15) is 4.79 Å². The molecule has 0 aliphatic carbocycles. The molecule has 0 bridgehead atoms. The lowest BCUT2D eigenvalue weighted by Crippen LogP contribution is -1.85. The van der Waals surface area contributed by atoms with Crippen LogP contribution in [0.5, 0.6) is 0 Å². The van der Waals surface area contributed by atoms with E-state index in [1.165, 1.54) is 0 Å². The summed E-state index contributed by atoms with van der Waals surface area (Å²) in [6.45, 7) is 3.28. The van der Waals surface area contributed by atoms with Crippen LogP contribution in [0.3, 0.4) is 0 Å². The summed E-state index contributed by atoms with van der Waals surface area (Å²) in [5.74, 6) is 0. The molecule has 42 valence electrons. The Labute approximate surface area is 53.2 Å². The van der Waals surface area contributed by atoms with Crippen LogP contribution < -0.4 is 0 Å². The minimum Gasteiger partial charge on any atom is -0.287 e. The molecule has 0 radical (unpaired) electrons. The first-order valence-corrected chi connectivity index (χ1v) is 2.41. The average molecular weight is 127 g/mol. The topological polar surface area (TPSA) is 40.9 Å². The number of nitrogens with zero attached hydrogens (tertiary/aromatic N) is 1. The van der Waals surface area contributed by atoms with E-state index >= 15 is 0 Å². The number of allylic oxidation sites excluding steroid dienone is 1. The van der Waals surface area contributed by atoms with Crippen LogP contribution in [0.4, 0.5) is 0 Å². The lowest BCUT2D eigenvalue weighted by molar-refractivity contribution is -0.110. The fraction of sp³-hybridized carbons (Fsp3) is 0.200. The summed E-state index contributed by atoms with van der Waals surface area (Å²) in [7, 11) is 0. The summed E-state index contributed by atoms with van der Waals surface area (Å²) in [5.41, 5.74) is 0.255. The molecule has 3 heteroatoms. The number of carbonyl (C=O) groups is 1. The predicted molar refractivity (Wildman–Crippen MR) is 33.4 cm³/mol. The molecule has 0 aliphatic heterocycles. The zero-order chi connectivity index (χ0) is 6.57. The van der Waals surface area contributed by atoms with Crippen molar-refractivity contribution in [3.63, 3.8) is 0 Å². The molecule has 0 unspecified atom stereocenters. The van der Waals surface area contributed by atoms with E-state index in [4.69, 9.17) is 5.26 Å². The van der Waals surface area contributed by atoms with Crippen LogP contribution in [0.25, 0.3) is 0 Å². The fourth-order valence-corrected chi connectivity index (χ4v) is 0.413. The average Bonchev–Trinajstić information content (AvgIpc) is 1.65. The van der Waals surface area contributed by atoms with Gasteiger partial charge in [0.1, 0.15) is 0 Å². The van der Waals surface area contributed by atoms with Gasteiger partial charge in [-0.1, -0.05) is 6.58 Å². The summed E-state index contributed by atoms with van der Waals surface area (Å²) >= 11 is 3.44. The maximum atomic E-state index is 10.1. The Morgan fingerprint density at radius 2 is 2.38 bits per heavy atom. The Kier molecular flexibility index (Phi) is 2.97. The molecule has 0 fully saturated rings. The van der Waals surface area contributed by atoms with Gasteiger partial charge in [0.05, 0.1) is 12.5 Å². The molecule has 0 amide bonds. The van der Waals surface area contributed by atoms with Gasteiger partial charge >= 0.3 is 0 Å². The maximum Gasteiger partial charge on any atom is 0.191 e. The highest BCUT2D eigenvalue weighted by Crippen LogP contribution is 1.97. The molecule has 0 atom stereocenters. The van der Waals surface area contributed by atoms with Crippen molar-refractivity contribution in [2.24, 2.45) is 0 Å². The first-order chi connectivity index (χ1) is 3.66. The highest BCUT2D eigenvalue weighted by atomic mass is 32.1. The van der Waals surface area contributed by atoms with Gasteiger partial charge < -0.3 is 0 Å². The van der Waals surface area contributed by atoms with E-state index in [2.05, 4.69) is 19.2 Å². The lowest BCUT2D eigenvalue weighted by atomic mass is 10.3. The van der Waals surface area contributed by atoms with E-state index in [1.54, 1.807) is 6.07 Å². The quantitative estimate of drug-likeness (QED) is 0.442. The summed E-state index contributed by atoms with van der Waals surface area (Å²) in [5, 5.41) is 7.73. The van der Waals surface area contributed by atoms with Crippen molar-refractivity contribution in [3.8, 4) is 6.07 Å². The van der Waals surface area contributed by atoms with Crippen LogP contribution in [0, 0.1) is 11.3 Å². The minimum atomic E-state index is -0.323. The summed E-state index contributed by atoms with van der Waals surface area (Å²) in [4.78, 5) is 10.1. The first-order valence-electron chi connectivity index (χ1n) is 1.96. The molecule has 0 aliphatic rings. The number of rotatable bonds is 2. The van der Waals surface area contributed by atoms with E-state index in [0.717, 1.165) is 0 Å². The molecule has 0 saturated carbocycles. The normalized spacial score (nSPS) is 7.50. The van der Waals surface area contributed by atoms with Crippen molar-refractivity contribution < 1.29 is 4.79 Å². The van der Waals surface area contributed by atoms with Gasteiger partial charge in [-0.2, -0.15) is 5.26 Å². The van der Waals surface area contributed by atoms with Crippen LogP contribution in [-0.2, 0) is 4.79 Å². The third kappa shape index (κ3) is 3.44. The van der Waals surface area contributed by atoms with Crippen molar-refractivity contribution in [1.82, 2.24) is 0 Å². The van der Waals surface area contributed by atoms with E-state index in [0.29, 0.717) is 0 Å². The Morgan fingerprint density at radius 1 is 1.88 bits per heavy atom. The summed E-state index contributed by atoms with van der Waals surface area (Å²) in [6.07, 6.45) is 0.0552. The number of thiol groups is 1. The van der Waals surface area contributed by atoms with Gasteiger partial charge in [-0.15, -0.1) is 12.6 Å². The Bertz CT molecular complexity index is 156. The minimum absolute atomic E-state index is 0.0552. The molecule has 0 rings (SSSR count). The van der Waals surface area contributed by atoms with Gasteiger partial charge in [-0.05, 0) is 0 Å². The summed E-state index contributed by atoms with van der Waals surface area (Å²) in [6, 6.07) is 1.73. The molecule has 8 heavy (non-hydrogen) atoms. The molecule has 0 heterocycles. The Balaban J connectivity index is 3.61. The Hall–Kier alpha value is -0.750. The van der Waals surface area contributed by atoms with Crippen LogP contribution >= 0.6 is 12.6 Å². The van der Waals surface area contributed by atoms with E-state index in [-0.39, 0.29) is 17.1 Å². The van der Waals surface area contributed by atoms with Crippen molar-refractivity contribution in [3.05, 3.63) is 12.2 Å². The van der Waals surface area contributed by atoms with Crippen LogP contribution in [0.15, 0.2) is 12.2 Å². The molecule has 0 aromatic heterocycles. The van der Waals surface area contributed by atoms with E-state index in [1.807, 2.05) is 0 Å². The van der Waals surface area contributed by atoms with E-state index < -0.39 is 0 Å². The standard InChI is InChI=1S/C5H5NOS/c1-4(3-6)2-5(7)8/h1-2H2,(H,7,8). The van der Waals surface area contributed by atoms with Crippen LogP contribution in [-0.4, -0.2) is 5.12 Å². The molecule has 0 N–H and O–H groups in total. The molecule has 0 spiro atoms. The SMILES string of the molecule is C=C(C#N)CC(=O)S.